The standard InChI is InChI=1S/C21H25ClO5/c1-4-5-10-27-20-18(22)12-14(13-19(20)26-3)11-17(21(23)24)15-6-8-16(25-2)9-7-15/h6-9,12-13,17H,4-5,10-11H2,1-3H3,(H,23,24). The van der Waals surface area contributed by atoms with Crippen molar-refractivity contribution in [2.45, 2.75) is 32.1 Å². The van der Waals surface area contributed by atoms with Gasteiger partial charge in [0.15, 0.2) is 11.5 Å². The Hall–Kier alpha value is -2.40. The molecule has 0 saturated carbocycles. The molecule has 2 rings (SSSR count). The van der Waals surface area contributed by atoms with Crippen molar-refractivity contribution in [2.75, 3.05) is 20.8 Å². The van der Waals surface area contributed by atoms with Crippen LogP contribution in [0.25, 0.3) is 0 Å². The van der Waals surface area contributed by atoms with Gasteiger partial charge in [0.1, 0.15) is 5.75 Å². The highest BCUT2D eigenvalue weighted by Crippen LogP contribution is 2.38. The maximum absolute atomic E-state index is 11.8. The number of unbranched alkanes of at least 4 members (excludes halogenated alkanes) is 1. The van der Waals surface area contributed by atoms with E-state index >= 15 is 0 Å². The van der Waals surface area contributed by atoms with Gasteiger partial charge in [-0.25, -0.2) is 0 Å². The van der Waals surface area contributed by atoms with Gasteiger partial charge in [-0.3, -0.25) is 4.79 Å². The summed E-state index contributed by atoms with van der Waals surface area (Å²) in [5, 5.41) is 10.1. The van der Waals surface area contributed by atoms with Gasteiger partial charge in [-0.2, -0.15) is 0 Å². The minimum atomic E-state index is -0.904. The number of ether oxygens (including phenoxy) is 3. The first-order valence-electron chi connectivity index (χ1n) is 8.86. The zero-order valence-electron chi connectivity index (χ0n) is 15.8. The fourth-order valence-corrected chi connectivity index (χ4v) is 3.06. The second kappa shape index (κ2) is 10.1. The average Bonchev–Trinajstić information content (AvgIpc) is 2.67. The van der Waals surface area contributed by atoms with Gasteiger partial charge < -0.3 is 19.3 Å². The molecular weight excluding hydrogens is 368 g/mol. The molecule has 2 aromatic rings. The van der Waals surface area contributed by atoms with Gasteiger partial charge in [-0.1, -0.05) is 37.1 Å². The topological polar surface area (TPSA) is 65.0 Å². The smallest absolute Gasteiger partial charge is 0.311 e. The summed E-state index contributed by atoms with van der Waals surface area (Å²) in [6.07, 6.45) is 2.22. The summed E-state index contributed by atoms with van der Waals surface area (Å²) in [7, 11) is 3.11. The molecule has 0 aliphatic rings. The van der Waals surface area contributed by atoms with Crippen molar-refractivity contribution in [1.29, 1.82) is 0 Å². The van der Waals surface area contributed by atoms with Crippen LogP contribution in [-0.2, 0) is 11.2 Å². The molecule has 0 fully saturated rings. The Morgan fingerprint density at radius 1 is 1.15 bits per heavy atom. The van der Waals surface area contributed by atoms with E-state index in [1.807, 2.05) is 0 Å². The maximum atomic E-state index is 11.8. The van der Waals surface area contributed by atoms with Crippen molar-refractivity contribution < 1.29 is 24.1 Å². The summed E-state index contributed by atoms with van der Waals surface area (Å²) in [6, 6.07) is 10.6. The maximum Gasteiger partial charge on any atom is 0.311 e. The highest BCUT2D eigenvalue weighted by Gasteiger charge is 2.22. The molecule has 146 valence electrons. The zero-order valence-corrected chi connectivity index (χ0v) is 16.6. The Morgan fingerprint density at radius 3 is 2.41 bits per heavy atom. The van der Waals surface area contributed by atoms with E-state index in [0.29, 0.717) is 34.4 Å². The number of carboxylic acids is 1. The lowest BCUT2D eigenvalue weighted by molar-refractivity contribution is -0.138. The molecule has 0 aromatic heterocycles. The van der Waals surface area contributed by atoms with Crippen LogP contribution >= 0.6 is 11.6 Å². The van der Waals surface area contributed by atoms with E-state index in [0.717, 1.165) is 18.4 Å². The Kier molecular flexibility index (Phi) is 7.80. The fraction of sp³-hybridized carbons (Fsp3) is 0.381. The average molecular weight is 393 g/mol. The van der Waals surface area contributed by atoms with Crippen LogP contribution in [0.4, 0.5) is 0 Å². The molecule has 6 heteroatoms. The molecule has 1 unspecified atom stereocenters. The highest BCUT2D eigenvalue weighted by molar-refractivity contribution is 6.32. The molecule has 27 heavy (non-hydrogen) atoms. The number of rotatable bonds is 10. The van der Waals surface area contributed by atoms with Crippen LogP contribution < -0.4 is 14.2 Å². The van der Waals surface area contributed by atoms with E-state index < -0.39 is 11.9 Å². The van der Waals surface area contributed by atoms with Gasteiger partial charge >= 0.3 is 5.97 Å². The van der Waals surface area contributed by atoms with Gasteiger partial charge in [0.05, 0.1) is 31.8 Å². The van der Waals surface area contributed by atoms with Gasteiger partial charge in [0.2, 0.25) is 0 Å². The molecule has 0 saturated heterocycles. The summed E-state index contributed by atoms with van der Waals surface area (Å²) in [5.74, 6) is 0.0726. The van der Waals surface area contributed by atoms with E-state index in [1.165, 1.54) is 0 Å². The van der Waals surface area contributed by atoms with Gasteiger partial charge in [-0.15, -0.1) is 0 Å². The van der Waals surface area contributed by atoms with Gasteiger partial charge in [0.25, 0.3) is 0 Å². The Morgan fingerprint density at radius 2 is 1.85 bits per heavy atom. The molecule has 2 aromatic carbocycles. The van der Waals surface area contributed by atoms with Crippen molar-refractivity contribution in [3.8, 4) is 17.2 Å². The summed E-state index contributed by atoms with van der Waals surface area (Å²) in [4.78, 5) is 11.8. The predicted octanol–water partition coefficient (Wildman–Crippen LogP) is 4.95. The Bertz CT molecular complexity index is 758. The third kappa shape index (κ3) is 5.54. The van der Waals surface area contributed by atoms with Crippen LogP contribution in [0.1, 0.15) is 36.8 Å². The Labute approximate surface area is 164 Å². The molecule has 0 radical (unpaired) electrons. The molecule has 1 N–H and O–H groups in total. The van der Waals surface area contributed by atoms with E-state index in [9.17, 15) is 9.90 Å². The van der Waals surface area contributed by atoms with E-state index in [2.05, 4.69) is 6.92 Å². The first-order valence-corrected chi connectivity index (χ1v) is 9.23. The molecule has 5 nitrogen and oxygen atoms in total. The lowest BCUT2D eigenvalue weighted by atomic mass is 9.92. The number of aliphatic carboxylic acids is 1. The summed E-state index contributed by atoms with van der Waals surface area (Å²) >= 11 is 6.37. The van der Waals surface area contributed by atoms with Crippen molar-refractivity contribution in [3.05, 3.63) is 52.5 Å². The normalized spacial score (nSPS) is 11.7. The number of halogens is 1. The predicted molar refractivity (Wildman–Crippen MR) is 105 cm³/mol. The lowest BCUT2D eigenvalue weighted by Crippen LogP contribution is -2.14. The number of benzene rings is 2. The van der Waals surface area contributed by atoms with Crippen molar-refractivity contribution in [3.63, 3.8) is 0 Å². The Balaban J connectivity index is 2.26. The van der Waals surface area contributed by atoms with Crippen LogP contribution in [0.3, 0.4) is 0 Å². The largest absolute Gasteiger partial charge is 0.497 e. The second-order valence-corrected chi connectivity index (χ2v) is 6.59. The fourth-order valence-electron chi connectivity index (χ4n) is 2.77. The molecule has 0 aliphatic carbocycles. The van der Waals surface area contributed by atoms with Crippen molar-refractivity contribution >= 4 is 17.6 Å². The van der Waals surface area contributed by atoms with Crippen molar-refractivity contribution in [2.24, 2.45) is 0 Å². The number of carboxylic acid groups (broad SMARTS) is 1. The van der Waals surface area contributed by atoms with Gasteiger partial charge in [0, 0.05) is 0 Å². The minimum Gasteiger partial charge on any atom is -0.497 e. The lowest BCUT2D eigenvalue weighted by Gasteiger charge is -2.17. The molecule has 0 bridgehead atoms. The third-order valence-electron chi connectivity index (χ3n) is 4.29. The molecular formula is C21H25ClO5. The molecule has 1 atom stereocenters. The van der Waals surface area contributed by atoms with Crippen LogP contribution in [0.2, 0.25) is 5.02 Å². The summed E-state index contributed by atoms with van der Waals surface area (Å²) < 4.78 is 16.3. The highest BCUT2D eigenvalue weighted by atomic mass is 35.5. The van der Waals surface area contributed by atoms with Crippen LogP contribution in [-0.4, -0.2) is 31.9 Å². The first kappa shape index (κ1) is 20.9. The summed E-state index contributed by atoms with van der Waals surface area (Å²) in [5.41, 5.74) is 1.46. The van der Waals surface area contributed by atoms with E-state index in [1.54, 1.807) is 50.6 Å². The molecule has 0 heterocycles. The van der Waals surface area contributed by atoms with Crippen LogP contribution in [0, 0.1) is 0 Å². The zero-order chi connectivity index (χ0) is 19.8. The number of hydrogen-bond acceptors (Lipinski definition) is 4. The molecule has 0 spiro atoms. The number of carbonyl (C=O) groups is 1. The molecule has 0 amide bonds. The first-order chi connectivity index (χ1) is 13.0. The number of hydrogen-bond donors (Lipinski definition) is 1. The monoisotopic (exact) mass is 392 g/mol. The third-order valence-corrected chi connectivity index (χ3v) is 4.57. The van der Waals surface area contributed by atoms with E-state index in [-0.39, 0.29) is 6.42 Å². The SMILES string of the molecule is CCCCOc1c(Cl)cc(CC(C(=O)O)c2ccc(OC)cc2)cc1OC. The second-order valence-electron chi connectivity index (χ2n) is 6.18. The van der Waals surface area contributed by atoms with Crippen molar-refractivity contribution in [1.82, 2.24) is 0 Å². The van der Waals surface area contributed by atoms with E-state index in [4.69, 9.17) is 25.8 Å². The molecule has 0 aliphatic heterocycles. The van der Waals surface area contributed by atoms with Gasteiger partial charge in [-0.05, 0) is 48.2 Å². The quantitative estimate of drug-likeness (QED) is 0.579. The van der Waals surface area contributed by atoms with Crippen LogP contribution in [0.5, 0.6) is 17.2 Å². The number of methoxy groups -OCH3 is 2. The minimum absolute atomic E-state index is 0.285. The van der Waals surface area contributed by atoms with Crippen LogP contribution in [0.15, 0.2) is 36.4 Å². The summed E-state index contributed by atoms with van der Waals surface area (Å²) in [6.45, 7) is 2.63.